The van der Waals surface area contributed by atoms with E-state index in [1.54, 1.807) is 0 Å². The van der Waals surface area contributed by atoms with Crippen LogP contribution >= 0.6 is 0 Å². The number of nitrogens with zero attached hydrogens (tertiary/aromatic N) is 2. The molecular weight excluding hydrogens is 620 g/mol. The van der Waals surface area contributed by atoms with E-state index in [0.29, 0.717) is 24.5 Å². The van der Waals surface area contributed by atoms with Gasteiger partial charge in [-0.15, -0.1) is 0 Å². The van der Waals surface area contributed by atoms with Crippen molar-refractivity contribution in [1.82, 2.24) is 9.80 Å². The second kappa shape index (κ2) is 30.1. The van der Waals surface area contributed by atoms with Crippen molar-refractivity contribution in [2.45, 2.75) is 187 Å². The largest absolute Gasteiger partial charge is 0.307 e. The molecule has 2 aliphatic rings. The zero-order valence-corrected chi connectivity index (χ0v) is 34.7. The van der Waals surface area contributed by atoms with E-state index in [4.69, 9.17) is 19.6 Å². The molecule has 298 valence electrons. The molecule has 0 amide bonds. The number of hydrogen-bond acceptors (Lipinski definition) is 6. The molecule has 2 fully saturated rings. The van der Waals surface area contributed by atoms with E-state index in [9.17, 15) is 0 Å². The molecule has 4 unspecified atom stereocenters. The molecule has 0 aromatic rings. The standard InChI is InChI=1S/C44H88N2O4/c1-7-9-11-21-27-40-31-33-44(32-25-19-18-22-28-41(44)39-50-49-38-35-46(5)6)43(42(40)29-23-12-10-8-2)30-24-17-15-13-14-16-20-26-36-47-48-37-34-45(3)4/h40-43H,7-39H2,1-6H3/t40?,41?,42?,43?,44-/m0/s1. The molecule has 1 spiro atoms. The second-order valence-corrected chi connectivity index (χ2v) is 17.1. The average molecular weight is 709 g/mol. The van der Waals surface area contributed by atoms with Crippen LogP contribution in [0.3, 0.4) is 0 Å². The summed E-state index contributed by atoms with van der Waals surface area (Å²) in [6.07, 6.45) is 37.6. The maximum atomic E-state index is 6.15. The topological polar surface area (TPSA) is 43.4 Å². The van der Waals surface area contributed by atoms with Crippen LogP contribution in [-0.4, -0.2) is 77.5 Å². The normalized spacial score (nSPS) is 24.7. The van der Waals surface area contributed by atoms with Crippen molar-refractivity contribution in [3.05, 3.63) is 0 Å². The highest BCUT2D eigenvalue weighted by molar-refractivity contribution is 5.01. The van der Waals surface area contributed by atoms with E-state index in [-0.39, 0.29) is 0 Å². The third-order valence-electron chi connectivity index (χ3n) is 12.6. The Balaban J connectivity index is 2.04. The van der Waals surface area contributed by atoms with E-state index >= 15 is 0 Å². The third kappa shape index (κ3) is 19.7. The van der Waals surface area contributed by atoms with E-state index in [1.165, 1.54) is 167 Å². The van der Waals surface area contributed by atoms with Crippen LogP contribution in [0.4, 0.5) is 0 Å². The van der Waals surface area contributed by atoms with Crippen LogP contribution in [0.5, 0.6) is 0 Å². The molecule has 6 heteroatoms. The first kappa shape index (κ1) is 45.9. The smallest absolute Gasteiger partial charge is 0.0949 e. The van der Waals surface area contributed by atoms with E-state index < -0.39 is 0 Å². The van der Waals surface area contributed by atoms with E-state index in [1.807, 2.05) is 0 Å². The molecule has 0 heterocycles. The number of likely N-dealkylation sites (N-methyl/N-ethyl adjacent to an activating group) is 2. The third-order valence-corrected chi connectivity index (χ3v) is 12.6. The van der Waals surface area contributed by atoms with Crippen LogP contribution in [0.2, 0.25) is 0 Å². The van der Waals surface area contributed by atoms with Crippen molar-refractivity contribution >= 4 is 0 Å². The van der Waals surface area contributed by atoms with Gasteiger partial charge >= 0.3 is 0 Å². The van der Waals surface area contributed by atoms with Gasteiger partial charge in [0.1, 0.15) is 0 Å². The first-order valence-electron chi connectivity index (χ1n) is 22.2. The maximum absolute atomic E-state index is 6.15. The zero-order chi connectivity index (χ0) is 36.1. The SMILES string of the molecule is CCCCCCC1CC[C@]2(CCCCCCC2COOCCN(C)C)C(CCCCCCCCCCOOCCN(C)C)C1CCCCCC. The van der Waals surface area contributed by atoms with Gasteiger partial charge in [-0.05, 0) is 102 Å². The Labute approximate surface area is 312 Å². The van der Waals surface area contributed by atoms with Crippen LogP contribution < -0.4 is 0 Å². The molecule has 6 nitrogen and oxygen atoms in total. The highest BCUT2D eigenvalue weighted by Crippen LogP contribution is 2.59. The summed E-state index contributed by atoms with van der Waals surface area (Å²) in [5.74, 6) is 3.36. The molecule has 5 atom stereocenters. The molecule has 0 aliphatic heterocycles. The summed E-state index contributed by atoms with van der Waals surface area (Å²) < 4.78 is 0. The summed E-state index contributed by atoms with van der Waals surface area (Å²) in [4.78, 5) is 26.9. The molecule has 0 aromatic heterocycles. The Hall–Kier alpha value is -0.240. The quantitative estimate of drug-likeness (QED) is 0.0406. The lowest BCUT2D eigenvalue weighted by Gasteiger charge is -2.56. The maximum Gasteiger partial charge on any atom is 0.0949 e. The summed E-state index contributed by atoms with van der Waals surface area (Å²) >= 11 is 0. The number of hydrogen-bond donors (Lipinski definition) is 0. The summed E-state index contributed by atoms with van der Waals surface area (Å²) in [6.45, 7) is 9.39. The first-order valence-corrected chi connectivity index (χ1v) is 22.2. The minimum Gasteiger partial charge on any atom is -0.307 e. The van der Waals surface area contributed by atoms with Gasteiger partial charge in [0.2, 0.25) is 0 Å². The summed E-state index contributed by atoms with van der Waals surface area (Å²) in [6, 6.07) is 0. The Morgan fingerprint density at radius 2 is 1.04 bits per heavy atom. The highest BCUT2D eigenvalue weighted by atomic mass is 17.2. The van der Waals surface area contributed by atoms with Gasteiger partial charge in [-0.3, -0.25) is 0 Å². The predicted molar refractivity (Wildman–Crippen MR) is 213 cm³/mol. The second-order valence-electron chi connectivity index (χ2n) is 17.1. The Morgan fingerprint density at radius 1 is 0.500 bits per heavy atom. The number of rotatable bonds is 31. The van der Waals surface area contributed by atoms with Crippen molar-refractivity contribution in [3.63, 3.8) is 0 Å². The highest BCUT2D eigenvalue weighted by Gasteiger charge is 2.51. The zero-order valence-electron chi connectivity index (χ0n) is 34.7. The van der Waals surface area contributed by atoms with Gasteiger partial charge < -0.3 is 9.80 Å². The number of unbranched alkanes of at least 4 members (excludes halogenated alkanes) is 13. The molecule has 2 rings (SSSR count). The predicted octanol–water partition coefficient (Wildman–Crippen LogP) is 12.1. The fraction of sp³-hybridized carbons (Fsp3) is 1.00. The summed E-state index contributed by atoms with van der Waals surface area (Å²) in [5.41, 5.74) is 0.443. The van der Waals surface area contributed by atoms with E-state index in [2.05, 4.69) is 51.8 Å². The lowest BCUT2D eigenvalue weighted by molar-refractivity contribution is -0.310. The molecule has 0 aromatic carbocycles. The fourth-order valence-electron chi connectivity index (χ4n) is 9.63. The lowest BCUT2D eigenvalue weighted by atomic mass is 9.49. The van der Waals surface area contributed by atoms with Crippen molar-refractivity contribution < 1.29 is 19.6 Å². The van der Waals surface area contributed by atoms with Gasteiger partial charge in [0.25, 0.3) is 0 Å². The fourth-order valence-corrected chi connectivity index (χ4v) is 9.63. The summed E-state index contributed by atoms with van der Waals surface area (Å²) in [5, 5.41) is 0. The van der Waals surface area contributed by atoms with Crippen LogP contribution in [-0.2, 0) is 19.6 Å². The van der Waals surface area contributed by atoms with Gasteiger partial charge in [0, 0.05) is 13.1 Å². The molecule has 50 heavy (non-hydrogen) atoms. The minimum absolute atomic E-state index is 0.443. The van der Waals surface area contributed by atoms with Gasteiger partial charge in [0.05, 0.1) is 26.4 Å². The van der Waals surface area contributed by atoms with Crippen LogP contribution in [0.25, 0.3) is 0 Å². The van der Waals surface area contributed by atoms with Crippen molar-refractivity contribution in [2.24, 2.45) is 29.1 Å². The Bertz CT molecular complexity index is 752. The Morgan fingerprint density at radius 3 is 1.70 bits per heavy atom. The molecule has 0 N–H and O–H groups in total. The Kier molecular flexibility index (Phi) is 27.7. The van der Waals surface area contributed by atoms with E-state index in [0.717, 1.165) is 50.5 Å². The van der Waals surface area contributed by atoms with Gasteiger partial charge in [0.15, 0.2) is 0 Å². The van der Waals surface area contributed by atoms with Crippen molar-refractivity contribution in [1.29, 1.82) is 0 Å². The molecule has 2 aliphatic carbocycles. The molecule has 0 radical (unpaired) electrons. The molecule has 2 saturated carbocycles. The molecular formula is C44H88N2O4. The minimum atomic E-state index is 0.443. The van der Waals surface area contributed by atoms with Gasteiger partial charge in [-0.25, -0.2) is 19.6 Å². The lowest BCUT2D eigenvalue weighted by Crippen LogP contribution is -2.49. The van der Waals surface area contributed by atoms with Crippen LogP contribution in [0.1, 0.15) is 187 Å². The van der Waals surface area contributed by atoms with Crippen molar-refractivity contribution in [2.75, 3.05) is 67.7 Å². The van der Waals surface area contributed by atoms with Crippen LogP contribution in [0.15, 0.2) is 0 Å². The molecule has 0 bridgehead atoms. The van der Waals surface area contributed by atoms with Crippen LogP contribution in [0, 0.1) is 29.1 Å². The summed E-state index contributed by atoms with van der Waals surface area (Å²) in [7, 11) is 8.34. The van der Waals surface area contributed by atoms with Gasteiger partial charge in [-0.1, -0.05) is 142 Å². The van der Waals surface area contributed by atoms with Gasteiger partial charge in [-0.2, -0.15) is 0 Å². The van der Waals surface area contributed by atoms with Crippen molar-refractivity contribution in [3.8, 4) is 0 Å². The first-order chi connectivity index (χ1) is 24.4. The monoisotopic (exact) mass is 709 g/mol. The average Bonchev–Trinajstić information content (AvgIpc) is 3.08. The molecule has 0 saturated heterocycles.